The number of ether oxygens (including phenoxy) is 6. The Balaban J connectivity index is 1.56. The van der Waals surface area contributed by atoms with E-state index in [2.05, 4.69) is 10.3 Å². The average Bonchev–Trinajstić information content (AvgIpc) is 3.55. The van der Waals surface area contributed by atoms with Gasteiger partial charge in [0.05, 0.1) is 35.9 Å². The first-order valence-electron chi connectivity index (χ1n) is 20.7. The largest absolute Gasteiger partial charge is 0.457 e. The molecule has 15 atom stereocenters. The molecule has 15 nitrogen and oxygen atoms in total. The number of aliphatic hydroxyl groups is 2. The van der Waals surface area contributed by atoms with Gasteiger partial charge in [-0.25, -0.2) is 0 Å². The number of carbonyl (C=O) groups is 3. The van der Waals surface area contributed by atoms with Crippen molar-refractivity contribution in [3.63, 3.8) is 0 Å². The van der Waals surface area contributed by atoms with Crippen molar-refractivity contribution in [2.75, 3.05) is 34.8 Å². The second kappa shape index (κ2) is 18.6. The maximum Gasteiger partial charge on any atom is 0.303 e. The molecule has 326 valence electrons. The number of amides is 2. The van der Waals surface area contributed by atoms with E-state index in [4.69, 9.17) is 28.4 Å². The van der Waals surface area contributed by atoms with Crippen molar-refractivity contribution in [1.29, 1.82) is 0 Å². The van der Waals surface area contributed by atoms with Crippen molar-refractivity contribution < 1.29 is 53.0 Å². The van der Waals surface area contributed by atoms with Crippen molar-refractivity contribution in [2.24, 2.45) is 17.8 Å². The number of rotatable bonds is 9. The maximum atomic E-state index is 14.7. The molecule has 3 saturated heterocycles. The summed E-state index contributed by atoms with van der Waals surface area (Å²) in [6.07, 6.45) is -3.76. The van der Waals surface area contributed by atoms with Crippen LogP contribution in [0.5, 0.6) is 0 Å². The Morgan fingerprint density at radius 1 is 1.03 bits per heavy atom. The van der Waals surface area contributed by atoms with E-state index in [1.807, 2.05) is 77.2 Å². The molecule has 0 radical (unpaired) electrons. The maximum absolute atomic E-state index is 14.7. The molecule has 1 aromatic carbocycles. The highest BCUT2D eigenvalue weighted by Crippen LogP contribution is 2.40. The summed E-state index contributed by atoms with van der Waals surface area (Å²) in [5, 5.41) is 28.2. The first kappa shape index (κ1) is 45.9. The summed E-state index contributed by atoms with van der Waals surface area (Å²) in [6, 6.07) is 6.62. The molecular formula is C43H68N4O11. The third-order valence-corrected chi connectivity index (χ3v) is 12.5. The molecule has 15 heteroatoms. The van der Waals surface area contributed by atoms with Crippen molar-refractivity contribution >= 4 is 28.7 Å². The van der Waals surface area contributed by atoms with Gasteiger partial charge in [0.2, 0.25) is 11.8 Å². The van der Waals surface area contributed by atoms with Gasteiger partial charge in [-0.1, -0.05) is 39.0 Å². The molecule has 0 spiro atoms. The Labute approximate surface area is 343 Å². The normalized spacial score (nSPS) is 39.8. The molecule has 4 heterocycles. The Morgan fingerprint density at radius 3 is 2.38 bits per heavy atom. The van der Waals surface area contributed by atoms with E-state index in [0.717, 1.165) is 16.5 Å². The number of hydrogen-bond donors (Lipinski definition) is 4. The molecule has 5 rings (SSSR count). The number of hydrogen-bond acceptors (Lipinski definition) is 12. The molecule has 58 heavy (non-hydrogen) atoms. The van der Waals surface area contributed by atoms with Gasteiger partial charge in [-0.15, -0.1) is 0 Å². The summed E-state index contributed by atoms with van der Waals surface area (Å²) in [4.78, 5) is 47.9. The second-order valence-electron chi connectivity index (χ2n) is 17.9. The Kier molecular flexibility index (Phi) is 14.8. The standard InChI is InChI=1S/C43H68N4O11/c1-23-19-42(7,52)37(58-41-35(49)33(46(9)10)17-24(2)54-41)25(3)36(57-34-20-43(8,53-12)38(27(5)55-34)56-28(6)48)26(4)39(50)45-32(40(51)47(11)22-23)18-29-21-44-31-16-14-13-15-30(29)31/h13-16,21,23-27,32-38,41,44,49,52H,17-20,22H2,1-12H3,(H,45,50)/t23-,24-,25+,26-,27+,32+,33+,34+,35-,36+,37-,38+,41+,42-,43-/m1/s1. The van der Waals surface area contributed by atoms with Gasteiger partial charge in [0.25, 0.3) is 0 Å². The Morgan fingerprint density at radius 2 is 1.72 bits per heavy atom. The van der Waals surface area contributed by atoms with Gasteiger partial charge in [-0.3, -0.25) is 14.4 Å². The molecule has 0 unspecified atom stereocenters. The molecule has 2 aromatic rings. The fourth-order valence-corrected chi connectivity index (χ4v) is 9.54. The van der Waals surface area contributed by atoms with Crippen LogP contribution in [-0.2, 0) is 49.2 Å². The van der Waals surface area contributed by atoms with Gasteiger partial charge in [-0.05, 0) is 72.2 Å². The number of aromatic nitrogens is 1. The highest BCUT2D eigenvalue weighted by molar-refractivity contribution is 5.90. The summed E-state index contributed by atoms with van der Waals surface area (Å²) < 4.78 is 37.8. The minimum atomic E-state index is -1.57. The van der Waals surface area contributed by atoms with Crippen LogP contribution in [0.1, 0.15) is 80.2 Å². The summed E-state index contributed by atoms with van der Waals surface area (Å²) in [5.41, 5.74) is -0.780. The second-order valence-corrected chi connectivity index (χ2v) is 17.9. The van der Waals surface area contributed by atoms with Crippen LogP contribution in [0, 0.1) is 17.8 Å². The van der Waals surface area contributed by atoms with Crippen LogP contribution in [0.15, 0.2) is 30.5 Å². The van der Waals surface area contributed by atoms with E-state index in [0.29, 0.717) is 13.0 Å². The van der Waals surface area contributed by atoms with Crippen LogP contribution in [0.2, 0.25) is 0 Å². The number of carbonyl (C=O) groups excluding carboxylic acids is 3. The van der Waals surface area contributed by atoms with Crippen LogP contribution < -0.4 is 5.32 Å². The molecule has 0 saturated carbocycles. The summed E-state index contributed by atoms with van der Waals surface area (Å²) in [6.45, 7) is 14.3. The quantitative estimate of drug-likeness (QED) is 0.272. The zero-order valence-electron chi connectivity index (χ0n) is 36.4. The predicted molar refractivity (Wildman–Crippen MR) is 216 cm³/mol. The number of likely N-dealkylation sites (N-methyl/N-ethyl adjacent to an activating group) is 2. The van der Waals surface area contributed by atoms with E-state index in [-0.39, 0.29) is 43.2 Å². The van der Waals surface area contributed by atoms with E-state index in [1.165, 1.54) is 14.0 Å². The number of nitrogens with zero attached hydrogens (tertiary/aromatic N) is 2. The number of para-hydroxylation sites is 1. The van der Waals surface area contributed by atoms with Gasteiger partial charge in [0.15, 0.2) is 18.7 Å². The molecule has 3 aliphatic rings. The third-order valence-electron chi connectivity index (χ3n) is 12.5. The van der Waals surface area contributed by atoms with Crippen molar-refractivity contribution in [2.45, 2.75) is 154 Å². The molecule has 3 aliphatic heterocycles. The van der Waals surface area contributed by atoms with Crippen molar-refractivity contribution in [3.8, 4) is 0 Å². The predicted octanol–water partition coefficient (Wildman–Crippen LogP) is 3.38. The first-order chi connectivity index (χ1) is 27.1. The fourth-order valence-electron chi connectivity index (χ4n) is 9.54. The monoisotopic (exact) mass is 816 g/mol. The Bertz CT molecular complexity index is 1720. The van der Waals surface area contributed by atoms with Crippen LogP contribution in [-0.4, -0.2) is 150 Å². The highest BCUT2D eigenvalue weighted by atomic mass is 16.7. The molecule has 0 bridgehead atoms. The summed E-state index contributed by atoms with van der Waals surface area (Å²) in [5.74, 6) is -3.07. The molecule has 0 aliphatic carbocycles. The number of fused-ring (bicyclic) bond motifs is 1. The smallest absolute Gasteiger partial charge is 0.303 e. The third kappa shape index (κ3) is 10.2. The summed E-state index contributed by atoms with van der Waals surface area (Å²) in [7, 11) is 7.02. The molecule has 1 aromatic heterocycles. The van der Waals surface area contributed by atoms with Crippen LogP contribution in [0.4, 0.5) is 0 Å². The zero-order chi connectivity index (χ0) is 42.9. The van der Waals surface area contributed by atoms with Crippen LogP contribution in [0.3, 0.4) is 0 Å². The molecular weight excluding hydrogens is 748 g/mol. The van der Waals surface area contributed by atoms with Gasteiger partial charge < -0.3 is 58.7 Å². The summed E-state index contributed by atoms with van der Waals surface area (Å²) >= 11 is 0. The topological polar surface area (TPSA) is 181 Å². The van der Waals surface area contributed by atoms with E-state index < -0.39 is 84.1 Å². The molecule has 3 fully saturated rings. The van der Waals surface area contributed by atoms with E-state index in [1.54, 1.807) is 32.7 Å². The number of aliphatic hydroxyl groups excluding tert-OH is 1. The lowest BCUT2D eigenvalue weighted by Crippen LogP contribution is -2.61. The first-order valence-corrected chi connectivity index (χ1v) is 20.7. The van der Waals surface area contributed by atoms with Gasteiger partial charge in [0.1, 0.15) is 17.7 Å². The number of methoxy groups -OCH3 is 1. The van der Waals surface area contributed by atoms with Crippen molar-refractivity contribution in [1.82, 2.24) is 20.1 Å². The van der Waals surface area contributed by atoms with Crippen LogP contribution >= 0.6 is 0 Å². The minimum absolute atomic E-state index is 0.140. The number of nitrogens with one attached hydrogen (secondary N) is 2. The molecule has 2 amide bonds. The van der Waals surface area contributed by atoms with Crippen molar-refractivity contribution in [3.05, 3.63) is 36.0 Å². The van der Waals surface area contributed by atoms with Gasteiger partial charge in [-0.2, -0.15) is 0 Å². The highest BCUT2D eigenvalue weighted by Gasteiger charge is 2.52. The zero-order valence-corrected chi connectivity index (χ0v) is 36.4. The van der Waals surface area contributed by atoms with Gasteiger partial charge in [0, 0.05) is 69.5 Å². The number of benzene rings is 1. The lowest BCUT2D eigenvalue weighted by atomic mass is 9.77. The average molecular weight is 817 g/mol. The minimum Gasteiger partial charge on any atom is -0.457 e. The fraction of sp³-hybridized carbons (Fsp3) is 0.744. The lowest BCUT2D eigenvalue weighted by molar-refractivity contribution is -0.318. The number of esters is 1. The Hall–Kier alpha value is -3.15. The van der Waals surface area contributed by atoms with E-state index >= 15 is 0 Å². The number of H-pyrrole nitrogens is 1. The molecule has 4 N–H and O–H groups in total. The number of aromatic amines is 1. The van der Waals surface area contributed by atoms with Gasteiger partial charge >= 0.3 is 5.97 Å². The van der Waals surface area contributed by atoms with E-state index in [9.17, 15) is 24.6 Å². The van der Waals surface area contributed by atoms with Crippen LogP contribution in [0.25, 0.3) is 10.9 Å². The SMILES string of the molecule is CO[C@]1(C)C[C@H](O[C@H]2[C@H](C)[C@@H](O[C@@H]3O[C@H](C)C[C@H](N(C)C)[C@H]3O)[C@](C)(O)C[C@@H](C)CN(C)C(=O)[C@H](Cc3c[nH]c4ccccc34)NC(=O)[C@@H]2C)O[C@@H](C)[C@@H]1OC(C)=O. The lowest BCUT2D eigenvalue weighted by Gasteiger charge is -2.49.